The van der Waals surface area contributed by atoms with Crippen LogP contribution < -0.4 is 10.1 Å². The molecule has 1 N–H and O–H groups in total. The molecule has 6 nitrogen and oxygen atoms in total. The van der Waals surface area contributed by atoms with Crippen LogP contribution in [0.4, 0.5) is 18.9 Å². The van der Waals surface area contributed by atoms with Gasteiger partial charge in [0.05, 0.1) is 6.26 Å². The summed E-state index contributed by atoms with van der Waals surface area (Å²) in [7, 11) is -3.47. The summed E-state index contributed by atoms with van der Waals surface area (Å²) >= 11 is 0. The van der Waals surface area contributed by atoms with Crippen molar-refractivity contribution < 1.29 is 31.1 Å². The third-order valence-electron chi connectivity index (χ3n) is 3.46. The molecule has 0 bridgehead atoms. The largest absolute Gasteiger partial charge is 0.484 e. The molecule has 0 radical (unpaired) electrons. The summed E-state index contributed by atoms with van der Waals surface area (Å²) in [6.07, 6.45) is -2.36. The van der Waals surface area contributed by atoms with E-state index in [0.717, 1.165) is 10.6 Å². The van der Waals surface area contributed by atoms with Crippen molar-refractivity contribution in [2.45, 2.75) is 25.1 Å². The summed E-state index contributed by atoms with van der Waals surface area (Å²) in [4.78, 5) is 12.2. The number of benzene rings is 1. The molecule has 1 heterocycles. The van der Waals surface area contributed by atoms with E-state index in [0.29, 0.717) is 25.1 Å². The van der Waals surface area contributed by atoms with E-state index >= 15 is 0 Å². The Morgan fingerprint density at radius 3 is 2.50 bits per heavy atom. The molecule has 1 saturated heterocycles. The van der Waals surface area contributed by atoms with Gasteiger partial charge in [-0.3, -0.25) is 4.79 Å². The summed E-state index contributed by atoms with van der Waals surface area (Å²) in [5.74, 6) is -0.453. The summed E-state index contributed by atoms with van der Waals surface area (Å²) in [5.41, 5.74) is 0.347. The normalized spacial score (nSPS) is 19.2. The third-order valence-corrected chi connectivity index (χ3v) is 4.75. The Bertz CT molecular complexity index is 689. The molecule has 1 aliphatic rings. The van der Waals surface area contributed by atoms with Gasteiger partial charge in [0.1, 0.15) is 11.8 Å². The van der Waals surface area contributed by atoms with Gasteiger partial charge in [-0.25, -0.2) is 8.42 Å². The van der Waals surface area contributed by atoms with Crippen molar-refractivity contribution in [3.63, 3.8) is 0 Å². The van der Waals surface area contributed by atoms with Gasteiger partial charge in [0.15, 0.2) is 6.61 Å². The number of nitrogens with zero attached hydrogens (tertiary/aromatic N) is 1. The minimum Gasteiger partial charge on any atom is -0.484 e. The van der Waals surface area contributed by atoms with Crippen molar-refractivity contribution >= 4 is 21.6 Å². The molecule has 24 heavy (non-hydrogen) atoms. The molecule has 10 heteroatoms. The molecule has 134 valence electrons. The van der Waals surface area contributed by atoms with Crippen molar-refractivity contribution in [1.82, 2.24) is 4.31 Å². The highest BCUT2D eigenvalue weighted by molar-refractivity contribution is 7.88. The van der Waals surface area contributed by atoms with Gasteiger partial charge in [-0.15, -0.1) is 0 Å². The summed E-state index contributed by atoms with van der Waals surface area (Å²) in [5, 5.41) is 2.56. The smallest absolute Gasteiger partial charge is 0.422 e. The lowest BCUT2D eigenvalue weighted by Gasteiger charge is -2.21. The lowest BCUT2D eigenvalue weighted by Crippen LogP contribution is -2.42. The highest BCUT2D eigenvalue weighted by atomic mass is 32.2. The number of hydrogen-bond acceptors (Lipinski definition) is 4. The van der Waals surface area contributed by atoms with Crippen LogP contribution in [0, 0.1) is 0 Å². The maximum atomic E-state index is 12.2. The zero-order valence-corrected chi connectivity index (χ0v) is 13.7. The maximum Gasteiger partial charge on any atom is 0.422 e. The first-order chi connectivity index (χ1) is 11.1. The second-order valence-corrected chi connectivity index (χ2v) is 7.38. The monoisotopic (exact) mass is 366 g/mol. The van der Waals surface area contributed by atoms with E-state index in [1.807, 2.05) is 0 Å². The minimum absolute atomic E-state index is 0.0175. The predicted octanol–water partition coefficient (Wildman–Crippen LogP) is 1.99. The van der Waals surface area contributed by atoms with Crippen LogP contribution in [0.2, 0.25) is 0 Å². The second kappa shape index (κ2) is 6.98. The fourth-order valence-corrected chi connectivity index (χ4v) is 3.55. The Morgan fingerprint density at radius 2 is 1.96 bits per heavy atom. The van der Waals surface area contributed by atoms with Crippen molar-refractivity contribution in [3.8, 4) is 5.75 Å². The van der Waals surface area contributed by atoms with E-state index in [2.05, 4.69) is 10.1 Å². The van der Waals surface area contributed by atoms with Crippen molar-refractivity contribution in [2.24, 2.45) is 0 Å². The van der Waals surface area contributed by atoms with Gasteiger partial charge in [0.2, 0.25) is 15.9 Å². The van der Waals surface area contributed by atoms with Crippen molar-refractivity contribution in [3.05, 3.63) is 24.3 Å². The number of amides is 1. The van der Waals surface area contributed by atoms with Crippen LogP contribution >= 0.6 is 0 Å². The highest BCUT2D eigenvalue weighted by Crippen LogP contribution is 2.23. The van der Waals surface area contributed by atoms with Crippen LogP contribution in [0.3, 0.4) is 0 Å². The molecular formula is C14H17F3N2O4S. The maximum absolute atomic E-state index is 12.2. The first kappa shape index (κ1) is 18.5. The van der Waals surface area contributed by atoms with Gasteiger partial charge in [0.25, 0.3) is 0 Å². The number of carbonyl (C=O) groups excluding carboxylic acids is 1. The first-order valence-corrected chi connectivity index (χ1v) is 8.98. The van der Waals surface area contributed by atoms with E-state index in [1.165, 1.54) is 24.3 Å². The molecule has 0 aromatic heterocycles. The molecule has 1 atom stereocenters. The highest BCUT2D eigenvalue weighted by Gasteiger charge is 2.36. The van der Waals surface area contributed by atoms with Crippen LogP contribution in [0.5, 0.6) is 5.75 Å². The molecule has 2 rings (SSSR count). The first-order valence-electron chi connectivity index (χ1n) is 7.13. The number of ether oxygens (including phenoxy) is 1. The van der Waals surface area contributed by atoms with Gasteiger partial charge in [-0.05, 0) is 37.1 Å². The van der Waals surface area contributed by atoms with E-state index in [1.54, 1.807) is 0 Å². The van der Waals surface area contributed by atoms with Gasteiger partial charge in [-0.2, -0.15) is 17.5 Å². The predicted molar refractivity (Wildman–Crippen MR) is 81.2 cm³/mol. The van der Waals surface area contributed by atoms with Crippen LogP contribution in [-0.2, 0) is 14.8 Å². The Hall–Kier alpha value is -1.81. The summed E-state index contributed by atoms with van der Waals surface area (Å²) in [6, 6.07) is 4.60. The number of rotatable bonds is 5. The van der Waals surface area contributed by atoms with Gasteiger partial charge in [-0.1, -0.05) is 0 Å². The minimum atomic E-state index is -4.43. The fourth-order valence-electron chi connectivity index (χ4n) is 2.42. The molecule has 0 aliphatic carbocycles. The van der Waals surface area contributed by atoms with Crippen molar-refractivity contribution in [1.29, 1.82) is 0 Å². The molecular weight excluding hydrogens is 349 g/mol. The SMILES string of the molecule is CS(=O)(=O)N1CCCC1C(=O)Nc1ccc(OCC(F)(F)F)cc1. The third kappa shape index (κ3) is 5.10. The molecule has 0 spiro atoms. The van der Waals surface area contributed by atoms with Gasteiger partial charge < -0.3 is 10.1 Å². The zero-order chi connectivity index (χ0) is 18.0. The Balaban J connectivity index is 1.97. The molecule has 1 aromatic carbocycles. The number of hydrogen-bond donors (Lipinski definition) is 1. The Morgan fingerprint density at radius 1 is 1.33 bits per heavy atom. The quantitative estimate of drug-likeness (QED) is 0.865. The molecule has 1 aliphatic heterocycles. The van der Waals surface area contributed by atoms with Gasteiger partial charge in [0, 0.05) is 12.2 Å². The lowest BCUT2D eigenvalue weighted by molar-refractivity contribution is -0.153. The topological polar surface area (TPSA) is 75.7 Å². The number of nitrogens with one attached hydrogen (secondary N) is 1. The van der Waals surface area contributed by atoms with E-state index < -0.39 is 34.8 Å². The summed E-state index contributed by atoms with van der Waals surface area (Å²) in [6.45, 7) is -1.11. The number of halogens is 3. The lowest BCUT2D eigenvalue weighted by atomic mass is 10.2. The van der Waals surface area contributed by atoms with Crippen LogP contribution in [-0.4, -0.2) is 50.3 Å². The van der Waals surface area contributed by atoms with Crippen LogP contribution in [0.15, 0.2) is 24.3 Å². The number of sulfonamides is 1. The average Bonchev–Trinajstić information content (AvgIpc) is 2.95. The van der Waals surface area contributed by atoms with Crippen molar-refractivity contribution in [2.75, 3.05) is 24.7 Å². The van der Waals surface area contributed by atoms with E-state index in [4.69, 9.17) is 0 Å². The van der Waals surface area contributed by atoms with Crippen LogP contribution in [0.25, 0.3) is 0 Å². The second-order valence-electron chi connectivity index (χ2n) is 5.45. The number of carbonyl (C=O) groups is 1. The number of alkyl halides is 3. The molecule has 1 amide bonds. The molecule has 1 unspecified atom stereocenters. The van der Waals surface area contributed by atoms with Crippen LogP contribution in [0.1, 0.15) is 12.8 Å². The van der Waals surface area contributed by atoms with E-state index in [-0.39, 0.29) is 5.75 Å². The molecule has 0 saturated carbocycles. The average molecular weight is 366 g/mol. The molecule has 1 aromatic rings. The van der Waals surface area contributed by atoms with E-state index in [9.17, 15) is 26.4 Å². The summed E-state index contributed by atoms with van der Waals surface area (Å²) < 4.78 is 65.2. The number of anilines is 1. The molecule has 1 fully saturated rings. The standard InChI is InChI=1S/C14H17F3N2O4S/c1-24(21,22)19-8-2-3-12(19)13(20)18-10-4-6-11(7-5-10)23-9-14(15,16)17/h4-7,12H,2-3,8-9H2,1H3,(H,18,20). The zero-order valence-electron chi connectivity index (χ0n) is 12.8. The fraction of sp³-hybridized carbons (Fsp3) is 0.500. The van der Waals surface area contributed by atoms with Gasteiger partial charge >= 0.3 is 6.18 Å². The Kier molecular flexibility index (Phi) is 5.38. The Labute approximate surface area is 137 Å².